The second-order valence-corrected chi connectivity index (χ2v) is 5.26. The van der Waals surface area contributed by atoms with E-state index in [0.29, 0.717) is 18.9 Å². The number of carbonyl (C=O) groups excluding carboxylic acids is 1. The van der Waals surface area contributed by atoms with Gasteiger partial charge in [0.1, 0.15) is 0 Å². The zero-order valence-electron chi connectivity index (χ0n) is 12.2. The van der Waals surface area contributed by atoms with Crippen molar-refractivity contribution in [2.75, 3.05) is 26.8 Å². The van der Waals surface area contributed by atoms with Crippen LogP contribution in [0, 0.1) is 5.92 Å². The van der Waals surface area contributed by atoms with E-state index in [1.807, 2.05) is 0 Å². The standard InChI is InChI=1S/C14H28N2O2.ClH/c1-3-4-5-13(11-18-2)16-14(17)7-6-12-8-9-15-10-12;/h12-13,15H,3-11H2,1-2H3,(H,16,17);1H. The van der Waals surface area contributed by atoms with E-state index < -0.39 is 0 Å². The van der Waals surface area contributed by atoms with Gasteiger partial charge in [0, 0.05) is 13.5 Å². The summed E-state index contributed by atoms with van der Waals surface area (Å²) < 4.78 is 5.16. The van der Waals surface area contributed by atoms with Gasteiger partial charge in [0.15, 0.2) is 0 Å². The Labute approximate surface area is 123 Å². The van der Waals surface area contributed by atoms with Gasteiger partial charge in [-0.25, -0.2) is 0 Å². The highest BCUT2D eigenvalue weighted by molar-refractivity contribution is 5.85. The first kappa shape index (κ1) is 18.7. The van der Waals surface area contributed by atoms with Crippen molar-refractivity contribution < 1.29 is 9.53 Å². The average molecular weight is 293 g/mol. The van der Waals surface area contributed by atoms with Crippen LogP contribution in [0.15, 0.2) is 0 Å². The lowest BCUT2D eigenvalue weighted by atomic mass is 10.0. The van der Waals surface area contributed by atoms with E-state index in [1.165, 1.54) is 6.42 Å². The van der Waals surface area contributed by atoms with Crippen LogP contribution < -0.4 is 10.6 Å². The molecule has 19 heavy (non-hydrogen) atoms. The SMILES string of the molecule is CCCCC(COC)NC(=O)CCC1CCNC1.Cl. The molecule has 0 radical (unpaired) electrons. The maximum Gasteiger partial charge on any atom is 0.220 e. The first-order valence-corrected chi connectivity index (χ1v) is 7.25. The number of carbonyl (C=O) groups is 1. The molecule has 1 aliphatic rings. The van der Waals surface area contributed by atoms with Gasteiger partial charge in [-0.05, 0) is 38.3 Å². The molecule has 1 heterocycles. The maximum atomic E-state index is 11.9. The van der Waals surface area contributed by atoms with Gasteiger partial charge in [0.25, 0.3) is 0 Å². The predicted molar refractivity (Wildman–Crippen MR) is 80.8 cm³/mol. The van der Waals surface area contributed by atoms with E-state index in [9.17, 15) is 4.79 Å². The van der Waals surface area contributed by atoms with E-state index in [2.05, 4.69) is 17.6 Å². The Kier molecular flexibility index (Phi) is 11.3. The minimum atomic E-state index is 0. The van der Waals surface area contributed by atoms with Crippen molar-refractivity contribution in [1.29, 1.82) is 0 Å². The van der Waals surface area contributed by atoms with Gasteiger partial charge in [-0.2, -0.15) is 0 Å². The fraction of sp³-hybridized carbons (Fsp3) is 0.929. The molecule has 0 bridgehead atoms. The number of amides is 1. The maximum absolute atomic E-state index is 11.9. The molecule has 0 saturated carbocycles. The van der Waals surface area contributed by atoms with Crippen LogP contribution in [0.1, 0.15) is 45.4 Å². The third kappa shape index (κ3) is 8.45. The van der Waals surface area contributed by atoms with Crippen molar-refractivity contribution in [3.05, 3.63) is 0 Å². The molecule has 1 amide bonds. The molecule has 2 N–H and O–H groups in total. The number of hydrogen-bond donors (Lipinski definition) is 2. The Bertz CT molecular complexity index is 233. The van der Waals surface area contributed by atoms with Crippen molar-refractivity contribution in [2.45, 2.75) is 51.5 Å². The highest BCUT2D eigenvalue weighted by Gasteiger charge is 2.17. The largest absolute Gasteiger partial charge is 0.383 e. The molecule has 0 aromatic heterocycles. The summed E-state index contributed by atoms with van der Waals surface area (Å²) in [6, 6.07) is 0.184. The summed E-state index contributed by atoms with van der Waals surface area (Å²) in [6.45, 7) is 4.97. The molecule has 0 aromatic carbocycles. The Morgan fingerprint density at radius 1 is 1.53 bits per heavy atom. The van der Waals surface area contributed by atoms with E-state index in [1.54, 1.807) is 7.11 Å². The van der Waals surface area contributed by atoms with Crippen LogP contribution in [-0.4, -0.2) is 38.8 Å². The second-order valence-electron chi connectivity index (χ2n) is 5.26. The predicted octanol–water partition coefficient (Wildman–Crippen LogP) is 2.12. The molecule has 0 aliphatic carbocycles. The van der Waals surface area contributed by atoms with Gasteiger partial charge >= 0.3 is 0 Å². The lowest BCUT2D eigenvalue weighted by Crippen LogP contribution is -2.38. The second kappa shape index (κ2) is 11.5. The minimum absolute atomic E-state index is 0. The number of rotatable bonds is 9. The summed E-state index contributed by atoms with van der Waals surface area (Å²) in [5.41, 5.74) is 0. The van der Waals surface area contributed by atoms with Crippen LogP contribution >= 0.6 is 12.4 Å². The first-order chi connectivity index (χ1) is 8.76. The third-order valence-electron chi connectivity index (χ3n) is 3.58. The highest BCUT2D eigenvalue weighted by atomic mass is 35.5. The quantitative estimate of drug-likeness (QED) is 0.684. The number of hydrogen-bond acceptors (Lipinski definition) is 3. The number of ether oxygens (including phenoxy) is 1. The molecular weight excluding hydrogens is 264 g/mol. The van der Waals surface area contributed by atoms with Crippen molar-refractivity contribution in [2.24, 2.45) is 5.92 Å². The third-order valence-corrected chi connectivity index (χ3v) is 3.58. The smallest absolute Gasteiger partial charge is 0.220 e. The summed E-state index contributed by atoms with van der Waals surface area (Å²) in [7, 11) is 1.69. The van der Waals surface area contributed by atoms with Gasteiger partial charge in [-0.3, -0.25) is 4.79 Å². The van der Waals surface area contributed by atoms with Crippen molar-refractivity contribution in [3.8, 4) is 0 Å². The highest BCUT2D eigenvalue weighted by Crippen LogP contribution is 2.14. The molecule has 2 atom stereocenters. The normalized spacial score (nSPS) is 19.8. The number of methoxy groups -OCH3 is 1. The van der Waals surface area contributed by atoms with Crippen LogP contribution in [0.2, 0.25) is 0 Å². The van der Waals surface area contributed by atoms with E-state index >= 15 is 0 Å². The lowest BCUT2D eigenvalue weighted by Gasteiger charge is -2.18. The zero-order valence-corrected chi connectivity index (χ0v) is 13.1. The fourth-order valence-electron chi connectivity index (χ4n) is 2.44. The molecule has 5 heteroatoms. The fourth-order valence-corrected chi connectivity index (χ4v) is 2.44. The monoisotopic (exact) mass is 292 g/mol. The Morgan fingerprint density at radius 3 is 2.89 bits per heavy atom. The topological polar surface area (TPSA) is 50.4 Å². The molecule has 114 valence electrons. The van der Waals surface area contributed by atoms with E-state index in [0.717, 1.165) is 38.8 Å². The van der Waals surface area contributed by atoms with Crippen LogP contribution in [0.3, 0.4) is 0 Å². The minimum Gasteiger partial charge on any atom is -0.383 e. The van der Waals surface area contributed by atoms with Crippen LogP contribution in [0.4, 0.5) is 0 Å². The van der Waals surface area contributed by atoms with E-state index in [4.69, 9.17) is 4.74 Å². The number of nitrogens with one attached hydrogen (secondary N) is 2. The van der Waals surface area contributed by atoms with Crippen molar-refractivity contribution in [1.82, 2.24) is 10.6 Å². The zero-order chi connectivity index (χ0) is 13.2. The van der Waals surface area contributed by atoms with Gasteiger partial charge in [-0.15, -0.1) is 12.4 Å². The summed E-state index contributed by atoms with van der Waals surface area (Å²) in [6.07, 6.45) is 6.18. The van der Waals surface area contributed by atoms with Gasteiger partial charge in [0.05, 0.1) is 12.6 Å². The van der Waals surface area contributed by atoms with Crippen LogP contribution in [0.5, 0.6) is 0 Å². The lowest BCUT2D eigenvalue weighted by molar-refractivity contribution is -0.122. The van der Waals surface area contributed by atoms with Gasteiger partial charge < -0.3 is 15.4 Å². The van der Waals surface area contributed by atoms with Gasteiger partial charge in [0.2, 0.25) is 5.91 Å². The molecule has 0 spiro atoms. The Hall–Kier alpha value is -0.320. The molecule has 0 aromatic rings. The molecule has 1 saturated heterocycles. The first-order valence-electron chi connectivity index (χ1n) is 7.25. The summed E-state index contributed by atoms with van der Waals surface area (Å²) in [5, 5.41) is 6.43. The summed E-state index contributed by atoms with van der Waals surface area (Å²) in [4.78, 5) is 11.9. The summed E-state index contributed by atoms with van der Waals surface area (Å²) >= 11 is 0. The molecule has 2 unspecified atom stereocenters. The molecule has 1 rings (SSSR count). The van der Waals surface area contributed by atoms with Gasteiger partial charge in [-0.1, -0.05) is 19.8 Å². The van der Waals surface area contributed by atoms with Crippen LogP contribution in [0.25, 0.3) is 0 Å². The van der Waals surface area contributed by atoms with Crippen molar-refractivity contribution >= 4 is 18.3 Å². The summed E-state index contributed by atoms with van der Waals surface area (Å²) in [5.74, 6) is 0.868. The molecule has 1 aliphatic heterocycles. The molecular formula is C14H29ClN2O2. The number of unbranched alkanes of at least 4 members (excludes halogenated alkanes) is 1. The average Bonchev–Trinajstić information content (AvgIpc) is 2.87. The number of halogens is 1. The molecule has 1 fully saturated rings. The van der Waals surface area contributed by atoms with E-state index in [-0.39, 0.29) is 24.4 Å². The Morgan fingerprint density at radius 2 is 2.32 bits per heavy atom. The van der Waals surface area contributed by atoms with Crippen LogP contribution in [-0.2, 0) is 9.53 Å². The van der Waals surface area contributed by atoms with Crippen molar-refractivity contribution in [3.63, 3.8) is 0 Å². The Balaban J connectivity index is 0.00000324. The molecule has 4 nitrogen and oxygen atoms in total.